The largest absolute Gasteiger partial charge is 0.355 e. The monoisotopic (exact) mass is 225 g/mol. The molecule has 2 saturated heterocycles. The number of hydrogen-bond acceptors (Lipinski definition) is 3. The smallest absolute Gasteiger partial charge is 0.236 e. The van der Waals surface area contributed by atoms with Crippen LogP contribution in [0.4, 0.5) is 0 Å². The lowest BCUT2D eigenvalue weighted by atomic mass is 10.1. The lowest BCUT2D eigenvalue weighted by Crippen LogP contribution is -2.48. The summed E-state index contributed by atoms with van der Waals surface area (Å²) in [5.41, 5.74) is 0. The van der Waals surface area contributed by atoms with Gasteiger partial charge in [-0.15, -0.1) is 0 Å². The van der Waals surface area contributed by atoms with Crippen molar-refractivity contribution in [3.05, 3.63) is 0 Å². The number of nitrogens with zero attached hydrogens (tertiary/aromatic N) is 1. The van der Waals surface area contributed by atoms with E-state index in [2.05, 4.69) is 10.6 Å². The highest BCUT2D eigenvalue weighted by molar-refractivity contribution is 5.79. The maximum absolute atomic E-state index is 11.7. The highest BCUT2D eigenvalue weighted by Crippen LogP contribution is 2.07. The first kappa shape index (κ1) is 11.4. The molecule has 1 unspecified atom stereocenters. The molecule has 2 fully saturated rings. The van der Waals surface area contributed by atoms with Crippen LogP contribution in [0.15, 0.2) is 0 Å². The minimum atomic E-state index is 0.115. The summed E-state index contributed by atoms with van der Waals surface area (Å²) in [5, 5.41) is 6.01. The number of carbonyl (C=O) groups excluding carboxylic acids is 2. The average Bonchev–Trinajstić information content (AvgIpc) is 2.81. The van der Waals surface area contributed by atoms with Crippen molar-refractivity contribution >= 4 is 11.8 Å². The van der Waals surface area contributed by atoms with Gasteiger partial charge in [0.05, 0.1) is 6.54 Å². The van der Waals surface area contributed by atoms with Crippen molar-refractivity contribution in [1.29, 1.82) is 0 Å². The van der Waals surface area contributed by atoms with Crippen molar-refractivity contribution in [3.63, 3.8) is 0 Å². The zero-order chi connectivity index (χ0) is 11.4. The van der Waals surface area contributed by atoms with E-state index in [1.165, 1.54) is 0 Å². The highest BCUT2D eigenvalue weighted by Gasteiger charge is 2.21. The molecule has 0 aliphatic carbocycles. The van der Waals surface area contributed by atoms with Gasteiger partial charge in [0.1, 0.15) is 0 Å². The first-order chi connectivity index (χ1) is 7.75. The molecule has 5 nitrogen and oxygen atoms in total. The van der Waals surface area contributed by atoms with E-state index in [4.69, 9.17) is 0 Å². The molecule has 0 spiro atoms. The second kappa shape index (κ2) is 5.30. The number of amides is 2. The number of likely N-dealkylation sites (tertiary alicyclic amines) is 1. The maximum atomic E-state index is 11.7. The molecule has 2 amide bonds. The van der Waals surface area contributed by atoms with Gasteiger partial charge >= 0.3 is 0 Å². The van der Waals surface area contributed by atoms with E-state index in [0.717, 1.165) is 32.4 Å². The quantitative estimate of drug-likeness (QED) is 0.679. The van der Waals surface area contributed by atoms with Crippen molar-refractivity contribution < 1.29 is 9.59 Å². The summed E-state index contributed by atoms with van der Waals surface area (Å²) in [7, 11) is 0. The van der Waals surface area contributed by atoms with Gasteiger partial charge in [-0.3, -0.25) is 9.59 Å². The topological polar surface area (TPSA) is 61.4 Å². The van der Waals surface area contributed by atoms with Crippen LogP contribution in [0, 0.1) is 0 Å². The van der Waals surface area contributed by atoms with Crippen LogP contribution in [0.2, 0.25) is 0 Å². The number of carbonyl (C=O) groups is 2. The van der Waals surface area contributed by atoms with Crippen molar-refractivity contribution in [2.45, 2.75) is 31.7 Å². The Bertz CT molecular complexity index is 264. The molecule has 0 saturated carbocycles. The molecule has 0 radical (unpaired) electrons. The molecule has 2 N–H and O–H groups in total. The Morgan fingerprint density at radius 3 is 2.81 bits per heavy atom. The van der Waals surface area contributed by atoms with Crippen molar-refractivity contribution in [1.82, 2.24) is 15.5 Å². The van der Waals surface area contributed by atoms with Gasteiger partial charge in [0, 0.05) is 32.1 Å². The van der Waals surface area contributed by atoms with E-state index in [1.54, 1.807) is 0 Å². The second-order valence-corrected chi connectivity index (χ2v) is 4.51. The van der Waals surface area contributed by atoms with Crippen LogP contribution in [0.5, 0.6) is 0 Å². The van der Waals surface area contributed by atoms with Crippen LogP contribution in [0.1, 0.15) is 25.7 Å². The first-order valence-corrected chi connectivity index (χ1v) is 6.03. The molecule has 0 aromatic carbocycles. The third-order valence-corrected chi connectivity index (χ3v) is 3.27. The standard InChI is InChI=1S/C11H19N3O2/c15-10-4-3-9(7-13-10)12-8-11(16)14-5-1-2-6-14/h9,12H,1-8H2,(H,13,15). The van der Waals surface area contributed by atoms with Crippen LogP contribution >= 0.6 is 0 Å². The van der Waals surface area contributed by atoms with E-state index in [-0.39, 0.29) is 17.9 Å². The van der Waals surface area contributed by atoms with Crippen LogP contribution in [-0.4, -0.2) is 48.9 Å². The lowest BCUT2D eigenvalue weighted by Gasteiger charge is -2.24. The third-order valence-electron chi connectivity index (χ3n) is 3.27. The Morgan fingerprint density at radius 1 is 1.44 bits per heavy atom. The summed E-state index contributed by atoms with van der Waals surface area (Å²) in [6, 6.07) is 0.254. The molecule has 90 valence electrons. The molecule has 2 rings (SSSR count). The van der Waals surface area contributed by atoms with Crippen molar-refractivity contribution in [3.8, 4) is 0 Å². The van der Waals surface area contributed by atoms with Gasteiger partial charge < -0.3 is 15.5 Å². The van der Waals surface area contributed by atoms with E-state index < -0.39 is 0 Å². The molecule has 1 atom stereocenters. The molecule has 0 aromatic rings. The molecule has 2 aliphatic heterocycles. The van der Waals surface area contributed by atoms with Gasteiger partial charge in [0.15, 0.2) is 0 Å². The molecule has 5 heteroatoms. The Labute approximate surface area is 95.6 Å². The number of hydrogen-bond donors (Lipinski definition) is 2. The average molecular weight is 225 g/mol. The Morgan fingerprint density at radius 2 is 2.19 bits per heavy atom. The normalized spacial score (nSPS) is 25.6. The highest BCUT2D eigenvalue weighted by atomic mass is 16.2. The van der Waals surface area contributed by atoms with Crippen LogP contribution in [0.25, 0.3) is 0 Å². The predicted molar refractivity (Wildman–Crippen MR) is 59.8 cm³/mol. The minimum Gasteiger partial charge on any atom is -0.355 e. The summed E-state index contributed by atoms with van der Waals surface area (Å²) in [5.74, 6) is 0.304. The molecule has 0 bridgehead atoms. The van der Waals surface area contributed by atoms with Crippen LogP contribution in [0.3, 0.4) is 0 Å². The third kappa shape index (κ3) is 2.95. The molecular formula is C11H19N3O2. The Kier molecular flexibility index (Phi) is 3.77. The fourth-order valence-electron chi connectivity index (χ4n) is 2.22. The fourth-order valence-corrected chi connectivity index (χ4v) is 2.22. The SMILES string of the molecule is O=C1CCC(NCC(=O)N2CCCC2)CN1. The summed E-state index contributed by atoms with van der Waals surface area (Å²) in [4.78, 5) is 24.6. The molecule has 16 heavy (non-hydrogen) atoms. The maximum Gasteiger partial charge on any atom is 0.236 e. The second-order valence-electron chi connectivity index (χ2n) is 4.51. The predicted octanol–water partition coefficient (Wildman–Crippen LogP) is -0.523. The van der Waals surface area contributed by atoms with E-state index in [9.17, 15) is 9.59 Å². The van der Waals surface area contributed by atoms with Gasteiger partial charge in [-0.1, -0.05) is 0 Å². The molecule has 2 heterocycles. The summed E-state index contributed by atoms with van der Waals surface area (Å²) >= 11 is 0. The molecule has 2 aliphatic rings. The number of nitrogens with one attached hydrogen (secondary N) is 2. The Hall–Kier alpha value is -1.10. The van der Waals surface area contributed by atoms with Gasteiger partial charge in [-0.25, -0.2) is 0 Å². The van der Waals surface area contributed by atoms with Gasteiger partial charge in [0.2, 0.25) is 11.8 Å². The van der Waals surface area contributed by atoms with Crippen LogP contribution in [-0.2, 0) is 9.59 Å². The fraction of sp³-hybridized carbons (Fsp3) is 0.818. The number of piperidine rings is 1. The lowest BCUT2D eigenvalue weighted by molar-refractivity contribution is -0.129. The Balaban J connectivity index is 1.66. The summed E-state index contributed by atoms with van der Waals surface area (Å²) < 4.78 is 0. The number of rotatable bonds is 3. The molecule has 0 aromatic heterocycles. The minimum absolute atomic E-state index is 0.115. The van der Waals surface area contributed by atoms with Gasteiger partial charge in [-0.2, -0.15) is 0 Å². The zero-order valence-electron chi connectivity index (χ0n) is 9.50. The van der Waals surface area contributed by atoms with E-state index in [0.29, 0.717) is 19.5 Å². The zero-order valence-corrected chi connectivity index (χ0v) is 9.50. The van der Waals surface area contributed by atoms with E-state index >= 15 is 0 Å². The summed E-state index contributed by atoms with van der Waals surface area (Å²) in [6.45, 7) is 2.86. The van der Waals surface area contributed by atoms with Gasteiger partial charge in [-0.05, 0) is 19.3 Å². The van der Waals surface area contributed by atoms with E-state index in [1.807, 2.05) is 4.90 Å². The first-order valence-electron chi connectivity index (χ1n) is 6.03. The van der Waals surface area contributed by atoms with Crippen LogP contribution < -0.4 is 10.6 Å². The van der Waals surface area contributed by atoms with Gasteiger partial charge in [0.25, 0.3) is 0 Å². The van der Waals surface area contributed by atoms with Crippen molar-refractivity contribution in [2.75, 3.05) is 26.2 Å². The molecular weight excluding hydrogens is 206 g/mol. The summed E-state index contributed by atoms with van der Waals surface area (Å²) in [6.07, 6.45) is 3.66. The van der Waals surface area contributed by atoms with Crippen molar-refractivity contribution in [2.24, 2.45) is 0 Å².